The molecule has 4 aromatic rings. The van der Waals surface area contributed by atoms with E-state index in [2.05, 4.69) is 34.6 Å². The number of aromatic nitrogens is 3. The number of halogens is 1. The van der Waals surface area contributed by atoms with Gasteiger partial charge in [0.15, 0.2) is 10.8 Å². The molecule has 0 aliphatic heterocycles. The number of amides is 1. The zero-order valence-electron chi connectivity index (χ0n) is 14.6. The summed E-state index contributed by atoms with van der Waals surface area (Å²) in [6.07, 6.45) is 0.371. The van der Waals surface area contributed by atoms with Gasteiger partial charge >= 0.3 is 0 Å². The molecule has 1 N–H and O–H groups in total. The van der Waals surface area contributed by atoms with E-state index in [1.807, 2.05) is 34.7 Å². The largest absolute Gasteiger partial charge is 0.326 e. The molecular weight excluding hydrogens is 380 g/mol. The topological polar surface area (TPSA) is 59.3 Å². The molecule has 0 saturated carbocycles. The number of carbonyl (C=O) groups excluding carboxylic acids is 1. The summed E-state index contributed by atoms with van der Waals surface area (Å²) in [6.45, 7) is 2.07. The van der Waals surface area contributed by atoms with Gasteiger partial charge in [0, 0.05) is 28.3 Å². The van der Waals surface area contributed by atoms with Gasteiger partial charge in [0.25, 0.3) is 0 Å². The van der Waals surface area contributed by atoms with E-state index in [0.717, 1.165) is 16.3 Å². The number of nitrogens with one attached hydrogen (secondary N) is 1. The zero-order valence-corrected chi connectivity index (χ0v) is 16.2. The first-order valence-corrected chi connectivity index (χ1v) is 9.90. The average Bonchev–Trinajstić information content (AvgIpc) is 3.05. The van der Waals surface area contributed by atoms with Crippen LogP contribution in [0.15, 0.2) is 59.8 Å². The lowest BCUT2D eigenvalue weighted by molar-refractivity contribution is -0.115. The number of benzene rings is 2. The van der Waals surface area contributed by atoms with Gasteiger partial charge < -0.3 is 5.32 Å². The smallest absolute Gasteiger partial charge is 0.225 e. The number of anilines is 1. The minimum atomic E-state index is -0.0562. The molecule has 0 radical (unpaired) electrons. The Bertz CT molecular complexity index is 1140. The molecule has 2 heterocycles. The maximum Gasteiger partial charge on any atom is 0.225 e. The molecular formula is C20H17ClN4OS. The van der Waals surface area contributed by atoms with Gasteiger partial charge in [0.2, 0.25) is 5.91 Å². The molecule has 0 saturated heterocycles. The highest BCUT2D eigenvalue weighted by atomic mass is 35.5. The zero-order chi connectivity index (χ0) is 18.8. The Labute approximate surface area is 165 Å². The molecule has 0 fully saturated rings. The second kappa shape index (κ2) is 7.58. The molecule has 0 unspecified atom stereocenters. The van der Waals surface area contributed by atoms with E-state index in [1.54, 1.807) is 12.1 Å². The van der Waals surface area contributed by atoms with Crippen LogP contribution in [0.2, 0.25) is 5.02 Å². The molecule has 0 aliphatic carbocycles. The van der Waals surface area contributed by atoms with Crippen LogP contribution in [0.4, 0.5) is 5.69 Å². The molecule has 136 valence electrons. The van der Waals surface area contributed by atoms with Crippen molar-refractivity contribution < 1.29 is 4.79 Å². The van der Waals surface area contributed by atoms with Crippen molar-refractivity contribution in [3.05, 3.63) is 65.2 Å². The normalized spacial score (nSPS) is 11.2. The Hall–Kier alpha value is -2.57. The van der Waals surface area contributed by atoms with Gasteiger partial charge in [0.05, 0.1) is 5.52 Å². The number of thioether (sulfide) groups is 1. The number of hydrogen-bond acceptors (Lipinski definition) is 4. The highest BCUT2D eigenvalue weighted by Gasteiger charge is 2.12. The Morgan fingerprint density at radius 3 is 2.85 bits per heavy atom. The summed E-state index contributed by atoms with van der Waals surface area (Å²) in [5.41, 5.74) is 3.76. The average molecular weight is 397 g/mol. The summed E-state index contributed by atoms with van der Waals surface area (Å²) in [6, 6.07) is 17.4. The fourth-order valence-electron chi connectivity index (χ4n) is 2.99. The van der Waals surface area contributed by atoms with Gasteiger partial charge in [-0.15, -0.1) is 10.2 Å². The monoisotopic (exact) mass is 396 g/mol. The van der Waals surface area contributed by atoms with Crippen molar-refractivity contribution in [3.63, 3.8) is 0 Å². The number of rotatable bonds is 5. The lowest BCUT2D eigenvalue weighted by Gasteiger charge is -2.07. The summed E-state index contributed by atoms with van der Waals surface area (Å²) in [7, 11) is 0. The van der Waals surface area contributed by atoms with Crippen LogP contribution in [-0.4, -0.2) is 26.3 Å². The number of pyridine rings is 1. The van der Waals surface area contributed by atoms with Gasteiger partial charge in [-0.2, -0.15) is 0 Å². The Morgan fingerprint density at radius 1 is 1.15 bits per heavy atom. The van der Waals surface area contributed by atoms with E-state index in [-0.39, 0.29) is 5.91 Å². The molecule has 2 aromatic heterocycles. The summed E-state index contributed by atoms with van der Waals surface area (Å²) >= 11 is 7.46. The van der Waals surface area contributed by atoms with E-state index < -0.39 is 0 Å². The van der Waals surface area contributed by atoms with Crippen molar-refractivity contribution in [2.75, 3.05) is 11.1 Å². The predicted octanol–water partition coefficient (Wildman–Crippen LogP) is 4.97. The molecule has 0 aliphatic rings. The SMILES string of the molecule is Cc1cc2nnc(SCCC(=O)Nc3cccc(Cl)c3)n2c2ccccc12. The second-order valence-electron chi connectivity index (χ2n) is 6.18. The van der Waals surface area contributed by atoms with Crippen LogP contribution in [0.1, 0.15) is 12.0 Å². The van der Waals surface area contributed by atoms with Crippen LogP contribution in [0.5, 0.6) is 0 Å². The van der Waals surface area contributed by atoms with Crippen molar-refractivity contribution in [2.24, 2.45) is 0 Å². The maximum atomic E-state index is 12.2. The molecule has 1 amide bonds. The molecule has 0 atom stereocenters. The highest BCUT2D eigenvalue weighted by Crippen LogP contribution is 2.26. The third-order valence-electron chi connectivity index (χ3n) is 4.24. The fraction of sp³-hybridized carbons (Fsp3) is 0.150. The standard InChI is InChI=1S/C20H17ClN4OS/c1-13-11-18-23-24-20(25(18)17-8-3-2-7-16(13)17)27-10-9-19(26)22-15-6-4-5-14(21)12-15/h2-8,11-12H,9-10H2,1H3,(H,22,26). The van der Waals surface area contributed by atoms with Crippen LogP contribution in [0.25, 0.3) is 16.6 Å². The van der Waals surface area contributed by atoms with Crippen LogP contribution >= 0.6 is 23.4 Å². The first kappa shape index (κ1) is 17.8. The lowest BCUT2D eigenvalue weighted by Crippen LogP contribution is -2.12. The minimum Gasteiger partial charge on any atom is -0.326 e. The van der Waals surface area contributed by atoms with Crippen molar-refractivity contribution in [1.82, 2.24) is 14.6 Å². The predicted molar refractivity (Wildman–Crippen MR) is 111 cm³/mol. The quantitative estimate of drug-likeness (QED) is 0.484. The number of nitrogens with zero attached hydrogens (tertiary/aromatic N) is 3. The minimum absolute atomic E-state index is 0.0562. The van der Waals surface area contributed by atoms with Crippen molar-refractivity contribution >= 4 is 51.5 Å². The summed E-state index contributed by atoms with van der Waals surface area (Å²) in [4.78, 5) is 12.2. The maximum absolute atomic E-state index is 12.2. The second-order valence-corrected chi connectivity index (χ2v) is 7.68. The number of fused-ring (bicyclic) bond motifs is 3. The van der Waals surface area contributed by atoms with Crippen LogP contribution in [-0.2, 0) is 4.79 Å². The Kier molecular flexibility index (Phi) is 5.01. The number of carbonyl (C=O) groups is 1. The van der Waals surface area contributed by atoms with Crippen LogP contribution in [0.3, 0.4) is 0 Å². The van der Waals surface area contributed by atoms with E-state index in [4.69, 9.17) is 11.6 Å². The Morgan fingerprint density at radius 2 is 2.00 bits per heavy atom. The molecule has 4 rings (SSSR count). The summed E-state index contributed by atoms with van der Waals surface area (Å²) in [5, 5.41) is 14.0. The highest BCUT2D eigenvalue weighted by molar-refractivity contribution is 7.99. The molecule has 7 heteroatoms. The molecule has 27 heavy (non-hydrogen) atoms. The van der Waals surface area contributed by atoms with E-state index >= 15 is 0 Å². The summed E-state index contributed by atoms with van der Waals surface area (Å²) < 4.78 is 2.04. The molecule has 0 bridgehead atoms. The van der Waals surface area contributed by atoms with Crippen molar-refractivity contribution in [3.8, 4) is 0 Å². The third kappa shape index (κ3) is 3.77. The molecule has 5 nitrogen and oxygen atoms in total. The van der Waals surface area contributed by atoms with E-state index in [1.165, 1.54) is 22.7 Å². The Balaban J connectivity index is 1.48. The summed E-state index contributed by atoms with van der Waals surface area (Å²) in [5.74, 6) is 0.550. The number of para-hydroxylation sites is 1. The van der Waals surface area contributed by atoms with Crippen molar-refractivity contribution in [1.29, 1.82) is 0 Å². The van der Waals surface area contributed by atoms with Gasteiger partial charge in [0.1, 0.15) is 0 Å². The molecule has 0 spiro atoms. The number of aryl methyl sites for hydroxylation is 1. The lowest BCUT2D eigenvalue weighted by atomic mass is 10.1. The molecule has 2 aromatic carbocycles. The van der Waals surface area contributed by atoms with Gasteiger partial charge in [-0.1, -0.05) is 47.6 Å². The van der Waals surface area contributed by atoms with Gasteiger partial charge in [-0.25, -0.2) is 0 Å². The van der Waals surface area contributed by atoms with Crippen LogP contribution < -0.4 is 5.32 Å². The first-order valence-electron chi connectivity index (χ1n) is 8.53. The number of hydrogen-bond donors (Lipinski definition) is 1. The van der Waals surface area contributed by atoms with Crippen LogP contribution in [0, 0.1) is 6.92 Å². The first-order chi connectivity index (χ1) is 13.1. The third-order valence-corrected chi connectivity index (χ3v) is 5.41. The van der Waals surface area contributed by atoms with Gasteiger partial charge in [-0.3, -0.25) is 9.20 Å². The van der Waals surface area contributed by atoms with Crippen molar-refractivity contribution in [2.45, 2.75) is 18.5 Å². The van der Waals surface area contributed by atoms with E-state index in [9.17, 15) is 4.79 Å². The van der Waals surface area contributed by atoms with E-state index in [0.29, 0.717) is 22.9 Å². The fourth-order valence-corrected chi connectivity index (χ4v) is 4.07. The van der Waals surface area contributed by atoms with Gasteiger partial charge in [-0.05, 0) is 42.8 Å².